The number of esters is 1. The highest BCUT2D eigenvalue weighted by Gasteiger charge is 2.52. The molecule has 1 saturated heterocycles. The Bertz CT molecular complexity index is 423. The number of hydrogen-bond acceptors (Lipinski definition) is 4. The number of nitrogens with two attached hydrogens (primary N) is 1. The second-order valence-electron chi connectivity index (χ2n) is 4.71. The Labute approximate surface area is 107 Å². The number of benzene rings is 1. The molecule has 0 amide bonds. The third-order valence-electron chi connectivity index (χ3n) is 3.65. The molecule has 1 aliphatic heterocycles. The minimum Gasteiger partial charge on any atom is -0.468 e. The van der Waals surface area contributed by atoms with Crippen LogP contribution in [0.3, 0.4) is 0 Å². The third kappa shape index (κ3) is 2.02. The van der Waals surface area contributed by atoms with Crippen molar-refractivity contribution >= 4 is 5.97 Å². The molecule has 1 aromatic carbocycles. The van der Waals surface area contributed by atoms with Crippen molar-refractivity contribution in [2.45, 2.75) is 19.4 Å². The fourth-order valence-corrected chi connectivity index (χ4v) is 2.23. The van der Waals surface area contributed by atoms with Crippen molar-refractivity contribution in [1.82, 2.24) is 0 Å². The van der Waals surface area contributed by atoms with Gasteiger partial charge in [-0.15, -0.1) is 0 Å². The highest BCUT2D eigenvalue weighted by molar-refractivity contribution is 5.79. The van der Waals surface area contributed by atoms with Gasteiger partial charge in [-0.05, 0) is 17.5 Å². The van der Waals surface area contributed by atoms with Crippen LogP contribution in [0, 0.1) is 5.41 Å². The molecule has 98 valence electrons. The molecular formula is C14H19NO3. The van der Waals surface area contributed by atoms with Crippen LogP contribution in [0.2, 0.25) is 0 Å². The second-order valence-corrected chi connectivity index (χ2v) is 4.71. The topological polar surface area (TPSA) is 61.6 Å². The van der Waals surface area contributed by atoms with Gasteiger partial charge < -0.3 is 15.2 Å². The smallest absolute Gasteiger partial charge is 0.318 e. The van der Waals surface area contributed by atoms with Crippen molar-refractivity contribution in [3.63, 3.8) is 0 Å². The van der Waals surface area contributed by atoms with E-state index in [1.54, 1.807) is 0 Å². The Morgan fingerprint density at radius 2 is 2.06 bits per heavy atom. The van der Waals surface area contributed by atoms with Crippen LogP contribution in [0.4, 0.5) is 0 Å². The highest BCUT2D eigenvalue weighted by atomic mass is 16.5. The fourth-order valence-electron chi connectivity index (χ4n) is 2.23. The molecule has 0 bridgehead atoms. The van der Waals surface area contributed by atoms with Gasteiger partial charge in [0.2, 0.25) is 0 Å². The minimum absolute atomic E-state index is 0.291. The summed E-state index contributed by atoms with van der Waals surface area (Å²) in [5, 5.41) is 0. The monoisotopic (exact) mass is 249 g/mol. The average Bonchev–Trinajstić information content (AvgIpc) is 2.37. The standard InChI is InChI=1S/C14H19NO3/c1-3-10-4-6-11(7-5-10)12(15)14(8-18-9-14)13(16)17-2/h4-7,12H,3,8-9,15H2,1-2H3. The maximum atomic E-state index is 11.9. The van der Waals surface area contributed by atoms with E-state index in [4.69, 9.17) is 15.2 Å². The van der Waals surface area contributed by atoms with Gasteiger partial charge in [-0.2, -0.15) is 0 Å². The van der Waals surface area contributed by atoms with Gasteiger partial charge in [0.05, 0.1) is 26.4 Å². The van der Waals surface area contributed by atoms with Crippen LogP contribution in [0.15, 0.2) is 24.3 Å². The van der Waals surface area contributed by atoms with Crippen LogP contribution in [0.5, 0.6) is 0 Å². The number of hydrogen-bond donors (Lipinski definition) is 1. The van der Waals surface area contributed by atoms with E-state index in [9.17, 15) is 4.79 Å². The molecule has 4 nitrogen and oxygen atoms in total. The lowest BCUT2D eigenvalue weighted by Crippen LogP contribution is -2.56. The molecule has 2 N–H and O–H groups in total. The number of ether oxygens (including phenoxy) is 2. The van der Waals surface area contributed by atoms with Crippen LogP contribution in [0.25, 0.3) is 0 Å². The summed E-state index contributed by atoms with van der Waals surface area (Å²) in [4.78, 5) is 11.9. The van der Waals surface area contributed by atoms with Crippen LogP contribution < -0.4 is 5.73 Å². The van der Waals surface area contributed by atoms with Gasteiger partial charge in [-0.3, -0.25) is 4.79 Å². The summed E-state index contributed by atoms with van der Waals surface area (Å²) in [5.41, 5.74) is 7.70. The molecular weight excluding hydrogens is 230 g/mol. The van der Waals surface area contributed by atoms with Crippen LogP contribution in [0.1, 0.15) is 24.1 Å². The zero-order valence-electron chi connectivity index (χ0n) is 10.8. The Morgan fingerprint density at radius 3 is 2.44 bits per heavy atom. The number of methoxy groups -OCH3 is 1. The molecule has 1 unspecified atom stereocenters. The zero-order chi connectivity index (χ0) is 13.2. The van der Waals surface area contributed by atoms with E-state index in [-0.39, 0.29) is 12.0 Å². The van der Waals surface area contributed by atoms with E-state index >= 15 is 0 Å². The highest BCUT2D eigenvalue weighted by Crippen LogP contribution is 2.40. The molecule has 0 aliphatic carbocycles. The summed E-state index contributed by atoms with van der Waals surface area (Å²) in [6.07, 6.45) is 0.987. The van der Waals surface area contributed by atoms with Crippen LogP contribution in [-0.2, 0) is 20.7 Å². The summed E-state index contributed by atoms with van der Waals surface area (Å²) >= 11 is 0. The molecule has 1 atom stereocenters. The van der Waals surface area contributed by atoms with Crippen molar-refractivity contribution < 1.29 is 14.3 Å². The number of aryl methyl sites for hydroxylation is 1. The van der Waals surface area contributed by atoms with E-state index in [0.29, 0.717) is 13.2 Å². The maximum absolute atomic E-state index is 11.9. The van der Waals surface area contributed by atoms with Crippen molar-refractivity contribution in [2.75, 3.05) is 20.3 Å². The molecule has 2 rings (SSSR count). The number of carbonyl (C=O) groups excluding carboxylic acids is 1. The minimum atomic E-state index is -0.720. The van der Waals surface area contributed by atoms with Gasteiger partial charge in [-0.25, -0.2) is 0 Å². The van der Waals surface area contributed by atoms with E-state index < -0.39 is 5.41 Å². The molecule has 0 saturated carbocycles. The first-order valence-electron chi connectivity index (χ1n) is 6.14. The normalized spacial score (nSPS) is 18.8. The Morgan fingerprint density at radius 1 is 1.44 bits per heavy atom. The number of carbonyl (C=O) groups is 1. The molecule has 1 aromatic rings. The summed E-state index contributed by atoms with van der Waals surface area (Å²) in [7, 11) is 1.38. The molecule has 1 aliphatic rings. The average molecular weight is 249 g/mol. The fraction of sp³-hybridized carbons (Fsp3) is 0.500. The summed E-state index contributed by atoms with van der Waals surface area (Å²) in [5.74, 6) is -0.291. The van der Waals surface area contributed by atoms with Crippen molar-refractivity contribution in [3.05, 3.63) is 35.4 Å². The molecule has 0 spiro atoms. The lowest BCUT2D eigenvalue weighted by atomic mass is 9.75. The van der Waals surface area contributed by atoms with Crippen LogP contribution in [-0.4, -0.2) is 26.3 Å². The predicted octanol–water partition coefficient (Wildman–Crippen LogP) is 1.44. The Kier molecular flexibility index (Phi) is 3.68. The Hall–Kier alpha value is -1.39. The van der Waals surface area contributed by atoms with E-state index in [1.807, 2.05) is 24.3 Å². The van der Waals surface area contributed by atoms with Gasteiger partial charge in [0.1, 0.15) is 5.41 Å². The SMILES string of the molecule is CCc1ccc(C(N)C2(C(=O)OC)COC2)cc1. The summed E-state index contributed by atoms with van der Waals surface area (Å²) < 4.78 is 10.0. The molecule has 0 aromatic heterocycles. The molecule has 1 heterocycles. The van der Waals surface area contributed by atoms with E-state index in [2.05, 4.69) is 6.92 Å². The van der Waals surface area contributed by atoms with Gasteiger partial charge in [0, 0.05) is 0 Å². The molecule has 1 fully saturated rings. The van der Waals surface area contributed by atoms with Gasteiger partial charge in [0.25, 0.3) is 0 Å². The second kappa shape index (κ2) is 5.08. The molecule has 18 heavy (non-hydrogen) atoms. The summed E-state index contributed by atoms with van der Waals surface area (Å²) in [6, 6.07) is 7.66. The quantitative estimate of drug-likeness (QED) is 0.820. The molecule has 0 radical (unpaired) electrons. The zero-order valence-corrected chi connectivity index (χ0v) is 10.8. The first-order chi connectivity index (χ1) is 8.64. The van der Waals surface area contributed by atoms with Crippen molar-refractivity contribution in [2.24, 2.45) is 11.1 Å². The van der Waals surface area contributed by atoms with E-state index in [0.717, 1.165) is 12.0 Å². The van der Waals surface area contributed by atoms with Gasteiger partial charge in [-0.1, -0.05) is 31.2 Å². The lowest BCUT2D eigenvalue weighted by Gasteiger charge is -2.42. The lowest BCUT2D eigenvalue weighted by molar-refractivity contribution is -0.188. The van der Waals surface area contributed by atoms with E-state index in [1.165, 1.54) is 12.7 Å². The van der Waals surface area contributed by atoms with Gasteiger partial charge >= 0.3 is 5.97 Å². The first-order valence-corrected chi connectivity index (χ1v) is 6.14. The summed E-state index contributed by atoms with van der Waals surface area (Å²) in [6.45, 7) is 2.76. The van der Waals surface area contributed by atoms with Crippen molar-refractivity contribution in [3.8, 4) is 0 Å². The maximum Gasteiger partial charge on any atom is 0.318 e. The molecule has 4 heteroatoms. The predicted molar refractivity (Wildman–Crippen MR) is 68.0 cm³/mol. The van der Waals surface area contributed by atoms with Gasteiger partial charge in [0.15, 0.2) is 0 Å². The first kappa shape index (κ1) is 13.1. The van der Waals surface area contributed by atoms with Crippen molar-refractivity contribution in [1.29, 1.82) is 0 Å². The third-order valence-corrected chi connectivity index (χ3v) is 3.65. The Balaban J connectivity index is 2.23. The number of rotatable bonds is 4. The largest absolute Gasteiger partial charge is 0.468 e. The van der Waals surface area contributed by atoms with Crippen LogP contribution >= 0.6 is 0 Å².